The number of rotatable bonds is 6. The zero-order valence-electron chi connectivity index (χ0n) is 10.0. The number of nitrogens with one attached hydrogen (secondary N) is 2. The Morgan fingerprint density at radius 1 is 1.40 bits per heavy atom. The van der Waals surface area contributed by atoms with Crippen molar-refractivity contribution in [1.29, 1.82) is 0 Å². The van der Waals surface area contributed by atoms with Crippen LogP contribution in [0.3, 0.4) is 0 Å². The summed E-state index contributed by atoms with van der Waals surface area (Å²) in [5.41, 5.74) is 0. The van der Waals surface area contributed by atoms with E-state index in [-0.39, 0.29) is 5.91 Å². The number of carbonyl (C=O) groups excluding carboxylic acids is 1. The Bertz CT molecular complexity index is 188. The Kier molecular flexibility index (Phi) is 5.69. The molecule has 1 amide bonds. The number of hydrogen-bond donors (Lipinski definition) is 2. The van der Waals surface area contributed by atoms with Crippen LogP contribution in [0.25, 0.3) is 0 Å². The highest BCUT2D eigenvalue weighted by Crippen LogP contribution is 2.23. The third kappa shape index (κ3) is 5.17. The number of amides is 1. The Balaban J connectivity index is 2.01. The van der Waals surface area contributed by atoms with Crippen LogP contribution in [-0.2, 0) is 4.79 Å². The van der Waals surface area contributed by atoms with E-state index in [1.54, 1.807) is 0 Å². The summed E-state index contributed by atoms with van der Waals surface area (Å²) in [5.74, 6) is 0.934. The predicted molar refractivity (Wildman–Crippen MR) is 62.7 cm³/mol. The summed E-state index contributed by atoms with van der Waals surface area (Å²) in [6.45, 7) is 5.60. The molecule has 0 bridgehead atoms. The fourth-order valence-corrected chi connectivity index (χ4v) is 2.03. The van der Waals surface area contributed by atoms with E-state index in [1.165, 1.54) is 25.7 Å². The lowest BCUT2D eigenvalue weighted by Crippen LogP contribution is -2.39. The standard InChI is InChI=1S/C12H24N2O/c1-3-10(2)14-12(15)9-13-8-11-6-4-5-7-11/h10-11,13H,3-9H2,1-2H3,(H,14,15). The van der Waals surface area contributed by atoms with Crippen LogP contribution in [0, 0.1) is 5.92 Å². The van der Waals surface area contributed by atoms with Crippen molar-refractivity contribution in [3.05, 3.63) is 0 Å². The van der Waals surface area contributed by atoms with Crippen molar-refractivity contribution in [2.45, 2.75) is 52.0 Å². The molecule has 0 saturated heterocycles. The Morgan fingerprint density at radius 2 is 2.07 bits per heavy atom. The number of hydrogen-bond acceptors (Lipinski definition) is 2. The first-order valence-electron chi connectivity index (χ1n) is 6.22. The fourth-order valence-electron chi connectivity index (χ4n) is 2.03. The second-order valence-corrected chi connectivity index (χ2v) is 4.66. The van der Waals surface area contributed by atoms with E-state index in [0.29, 0.717) is 12.6 Å². The van der Waals surface area contributed by atoms with E-state index in [9.17, 15) is 4.79 Å². The first-order chi connectivity index (χ1) is 7.22. The molecule has 0 spiro atoms. The van der Waals surface area contributed by atoms with Gasteiger partial charge in [-0.1, -0.05) is 19.8 Å². The molecule has 2 N–H and O–H groups in total. The molecule has 1 aliphatic carbocycles. The Morgan fingerprint density at radius 3 is 2.67 bits per heavy atom. The molecule has 0 aromatic heterocycles. The van der Waals surface area contributed by atoms with E-state index >= 15 is 0 Å². The van der Waals surface area contributed by atoms with E-state index in [4.69, 9.17) is 0 Å². The molecular formula is C12H24N2O. The van der Waals surface area contributed by atoms with Crippen LogP contribution in [0.4, 0.5) is 0 Å². The van der Waals surface area contributed by atoms with Gasteiger partial charge in [-0.3, -0.25) is 4.79 Å². The van der Waals surface area contributed by atoms with Crippen molar-refractivity contribution in [3.8, 4) is 0 Å². The lowest BCUT2D eigenvalue weighted by molar-refractivity contribution is -0.120. The minimum Gasteiger partial charge on any atom is -0.353 e. The second kappa shape index (κ2) is 6.83. The van der Waals surface area contributed by atoms with Gasteiger partial charge in [-0.15, -0.1) is 0 Å². The molecule has 0 heterocycles. The molecule has 1 aliphatic rings. The van der Waals surface area contributed by atoms with Gasteiger partial charge >= 0.3 is 0 Å². The monoisotopic (exact) mass is 212 g/mol. The minimum atomic E-state index is 0.127. The summed E-state index contributed by atoms with van der Waals surface area (Å²) in [7, 11) is 0. The molecule has 0 aromatic rings. The Labute approximate surface area is 93.0 Å². The van der Waals surface area contributed by atoms with E-state index < -0.39 is 0 Å². The van der Waals surface area contributed by atoms with Crippen molar-refractivity contribution < 1.29 is 4.79 Å². The van der Waals surface area contributed by atoms with Crippen LogP contribution in [0.2, 0.25) is 0 Å². The lowest BCUT2D eigenvalue weighted by Gasteiger charge is -2.13. The average Bonchev–Trinajstić information content (AvgIpc) is 2.70. The summed E-state index contributed by atoms with van der Waals surface area (Å²) in [6.07, 6.45) is 6.39. The normalized spacial score (nSPS) is 19.1. The molecule has 1 unspecified atom stereocenters. The topological polar surface area (TPSA) is 41.1 Å². The van der Waals surface area contributed by atoms with Crippen molar-refractivity contribution in [3.63, 3.8) is 0 Å². The lowest BCUT2D eigenvalue weighted by atomic mass is 10.1. The van der Waals surface area contributed by atoms with Crippen LogP contribution in [-0.4, -0.2) is 25.0 Å². The summed E-state index contributed by atoms with van der Waals surface area (Å²) < 4.78 is 0. The predicted octanol–water partition coefficient (Wildman–Crippen LogP) is 1.68. The minimum absolute atomic E-state index is 0.127. The quantitative estimate of drug-likeness (QED) is 0.703. The van der Waals surface area contributed by atoms with Crippen molar-refractivity contribution >= 4 is 5.91 Å². The smallest absolute Gasteiger partial charge is 0.234 e. The van der Waals surface area contributed by atoms with Gasteiger partial charge in [0, 0.05) is 6.04 Å². The number of carbonyl (C=O) groups is 1. The van der Waals surface area contributed by atoms with Gasteiger partial charge in [0.1, 0.15) is 0 Å². The highest BCUT2D eigenvalue weighted by molar-refractivity contribution is 5.78. The molecule has 1 saturated carbocycles. The van der Waals surface area contributed by atoms with E-state index in [2.05, 4.69) is 17.6 Å². The first-order valence-corrected chi connectivity index (χ1v) is 6.22. The van der Waals surface area contributed by atoms with Gasteiger partial charge in [0.2, 0.25) is 5.91 Å². The van der Waals surface area contributed by atoms with Crippen LogP contribution in [0.1, 0.15) is 46.0 Å². The molecule has 88 valence electrons. The summed E-state index contributed by atoms with van der Waals surface area (Å²) >= 11 is 0. The highest BCUT2D eigenvalue weighted by atomic mass is 16.1. The molecule has 3 nitrogen and oxygen atoms in total. The van der Waals surface area contributed by atoms with Crippen molar-refractivity contribution in [2.24, 2.45) is 5.92 Å². The molecule has 1 rings (SSSR count). The third-order valence-corrected chi connectivity index (χ3v) is 3.21. The van der Waals surface area contributed by atoms with Gasteiger partial charge in [0.05, 0.1) is 6.54 Å². The van der Waals surface area contributed by atoms with E-state index in [0.717, 1.165) is 18.9 Å². The van der Waals surface area contributed by atoms with Gasteiger partial charge in [0.25, 0.3) is 0 Å². The molecule has 3 heteroatoms. The molecule has 0 aromatic carbocycles. The molecule has 1 atom stereocenters. The maximum Gasteiger partial charge on any atom is 0.234 e. The van der Waals surface area contributed by atoms with Crippen LogP contribution in [0.15, 0.2) is 0 Å². The molecule has 0 aliphatic heterocycles. The fraction of sp³-hybridized carbons (Fsp3) is 0.917. The highest BCUT2D eigenvalue weighted by Gasteiger charge is 2.14. The van der Waals surface area contributed by atoms with Gasteiger partial charge in [-0.05, 0) is 38.6 Å². The third-order valence-electron chi connectivity index (χ3n) is 3.21. The van der Waals surface area contributed by atoms with Gasteiger partial charge in [-0.25, -0.2) is 0 Å². The van der Waals surface area contributed by atoms with Crippen LogP contribution >= 0.6 is 0 Å². The van der Waals surface area contributed by atoms with Crippen LogP contribution in [0.5, 0.6) is 0 Å². The van der Waals surface area contributed by atoms with Crippen LogP contribution < -0.4 is 10.6 Å². The van der Waals surface area contributed by atoms with E-state index in [1.807, 2.05) is 6.92 Å². The molecule has 0 radical (unpaired) electrons. The van der Waals surface area contributed by atoms with Gasteiger partial charge in [0.15, 0.2) is 0 Å². The summed E-state index contributed by atoms with van der Waals surface area (Å²) in [4.78, 5) is 11.4. The second-order valence-electron chi connectivity index (χ2n) is 4.66. The summed E-state index contributed by atoms with van der Waals surface area (Å²) in [6, 6.07) is 0.297. The average molecular weight is 212 g/mol. The molecule has 1 fully saturated rings. The zero-order chi connectivity index (χ0) is 11.1. The zero-order valence-corrected chi connectivity index (χ0v) is 10.0. The maximum atomic E-state index is 11.4. The SMILES string of the molecule is CCC(C)NC(=O)CNCC1CCCC1. The van der Waals surface area contributed by atoms with Gasteiger partial charge < -0.3 is 10.6 Å². The molecule has 15 heavy (non-hydrogen) atoms. The maximum absolute atomic E-state index is 11.4. The summed E-state index contributed by atoms with van der Waals surface area (Å²) in [5, 5.41) is 6.20. The van der Waals surface area contributed by atoms with Crippen molar-refractivity contribution in [1.82, 2.24) is 10.6 Å². The Hall–Kier alpha value is -0.570. The van der Waals surface area contributed by atoms with Crippen molar-refractivity contribution in [2.75, 3.05) is 13.1 Å². The van der Waals surface area contributed by atoms with Gasteiger partial charge in [-0.2, -0.15) is 0 Å². The molecular weight excluding hydrogens is 188 g/mol. The largest absolute Gasteiger partial charge is 0.353 e. The first kappa shape index (κ1) is 12.5.